The Kier molecular flexibility index (Phi) is 7.46. The van der Waals surface area contributed by atoms with Crippen molar-refractivity contribution in [2.45, 2.75) is 45.1 Å². The lowest BCUT2D eigenvalue weighted by Crippen LogP contribution is -2.19. The molecule has 4 nitrogen and oxygen atoms in total. The fourth-order valence-electron chi connectivity index (χ4n) is 4.54. The molecule has 0 saturated heterocycles. The predicted octanol–water partition coefficient (Wildman–Crippen LogP) is 7.04. The Balaban J connectivity index is 1.76. The smallest absolute Gasteiger partial charge is 0.147 e. The van der Waals surface area contributed by atoms with Gasteiger partial charge in [0.25, 0.3) is 0 Å². The molecule has 0 N–H and O–H groups in total. The normalized spacial score (nSPS) is 15.4. The van der Waals surface area contributed by atoms with Crippen LogP contribution in [0.5, 0.6) is 11.5 Å². The van der Waals surface area contributed by atoms with Gasteiger partial charge in [-0.15, -0.1) is 0 Å². The molecular weight excluding hydrogens is 410 g/mol. The summed E-state index contributed by atoms with van der Waals surface area (Å²) < 4.78 is 17.4. The van der Waals surface area contributed by atoms with Gasteiger partial charge in [0.2, 0.25) is 0 Å². The monoisotopic (exact) mass is 443 g/mol. The standard InChI is InChI=1S/C29H33NO3/c1-20(2)28-26(33-27(19-31-3)21-9-6-5-7-10-21)18-13-22-11-8-12-25(29(22)28)30-23-14-16-24(32-4)17-15-23/h5-7,9-10,13-18,20,27H,8,11-12,19H2,1-4H3/b30-25+/t27-/m0/s1. The fourth-order valence-corrected chi connectivity index (χ4v) is 4.54. The summed E-state index contributed by atoms with van der Waals surface area (Å²) in [5, 5.41) is 0. The van der Waals surface area contributed by atoms with Crippen molar-refractivity contribution in [1.29, 1.82) is 0 Å². The van der Waals surface area contributed by atoms with Crippen LogP contribution >= 0.6 is 0 Å². The van der Waals surface area contributed by atoms with Crippen molar-refractivity contribution in [2.75, 3.05) is 20.8 Å². The zero-order chi connectivity index (χ0) is 23.2. The molecule has 1 aliphatic rings. The van der Waals surface area contributed by atoms with Gasteiger partial charge >= 0.3 is 0 Å². The van der Waals surface area contributed by atoms with Crippen molar-refractivity contribution in [3.05, 3.63) is 89.0 Å². The van der Waals surface area contributed by atoms with Crippen LogP contribution in [0.3, 0.4) is 0 Å². The summed E-state index contributed by atoms with van der Waals surface area (Å²) >= 11 is 0. The Morgan fingerprint density at radius 3 is 2.30 bits per heavy atom. The lowest BCUT2D eigenvalue weighted by Gasteiger charge is -2.28. The first kappa shape index (κ1) is 23.1. The molecule has 0 spiro atoms. The van der Waals surface area contributed by atoms with E-state index in [4.69, 9.17) is 19.2 Å². The van der Waals surface area contributed by atoms with Crippen molar-refractivity contribution in [1.82, 2.24) is 0 Å². The zero-order valence-corrected chi connectivity index (χ0v) is 20.0. The number of ether oxygens (including phenoxy) is 3. The Labute approximate surface area is 197 Å². The maximum absolute atomic E-state index is 6.63. The molecular formula is C29H33NO3. The highest BCUT2D eigenvalue weighted by atomic mass is 16.5. The molecule has 0 radical (unpaired) electrons. The molecule has 0 aliphatic heterocycles. The third-order valence-electron chi connectivity index (χ3n) is 6.11. The van der Waals surface area contributed by atoms with Crippen molar-refractivity contribution >= 4 is 11.4 Å². The number of hydrogen-bond acceptors (Lipinski definition) is 4. The van der Waals surface area contributed by atoms with Gasteiger partial charge in [0.15, 0.2) is 0 Å². The van der Waals surface area contributed by atoms with Gasteiger partial charge in [-0.1, -0.05) is 50.2 Å². The van der Waals surface area contributed by atoms with Crippen LogP contribution in [-0.2, 0) is 11.2 Å². The molecule has 4 heteroatoms. The fraction of sp³-hybridized carbons (Fsp3) is 0.345. The van der Waals surface area contributed by atoms with Gasteiger partial charge in [0.1, 0.15) is 17.6 Å². The number of fused-ring (bicyclic) bond motifs is 1. The zero-order valence-electron chi connectivity index (χ0n) is 20.0. The summed E-state index contributed by atoms with van der Waals surface area (Å²) in [7, 11) is 3.40. The van der Waals surface area contributed by atoms with E-state index in [2.05, 4.69) is 38.1 Å². The molecule has 0 aromatic heterocycles. The Bertz CT molecular complexity index is 1090. The number of aliphatic imine (C=N–C) groups is 1. The van der Waals surface area contributed by atoms with Crippen molar-refractivity contribution in [3.8, 4) is 11.5 Å². The molecule has 0 saturated carbocycles. The number of rotatable bonds is 8. The summed E-state index contributed by atoms with van der Waals surface area (Å²) in [5.41, 5.74) is 7.04. The lowest BCUT2D eigenvalue weighted by atomic mass is 9.82. The van der Waals surface area contributed by atoms with Crippen LogP contribution in [0.4, 0.5) is 5.69 Å². The van der Waals surface area contributed by atoms with E-state index in [1.807, 2.05) is 42.5 Å². The Morgan fingerprint density at radius 1 is 0.879 bits per heavy atom. The van der Waals surface area contributed by atoms with Crippen LogP contribution in [0.25, 0.3) is 0 Å². The van der Waals surface area contributed by atoms with Crippen LogP contribution < -0.4 is 9.47 Å². The third-order valence-corrected chi connectivity index (χ3v) is 6.11. The van der Waals surface area contributed by atoms with Gasteiger partial charge in [0, 0.05) is 23.9 Å². The highest BCUT2D eigenvalue weighted by Gasteiger charge is 2.26. The number of hydrogen-bond donors (Lipinski definition) is 0. The first-order chi connectivity index (χ1) is 16.1. The highest BCUT2D eigenvalue weighted by Crippen LogP contribution is 2.39. The summed E-state index contributed by atoms with van der Waals surface area (Å²) in [6.07, 6.45) is 2.97. The van der Waals surface area contributed by atoms with Crippen molar-refractivity contribution < 1.29 is 14.2 Å². The van der Waals surface area contributed by atoms with Gasteiger partial charge in [-0.25, -0.2) is 0 Å². The van der Waals surface area contributed by atoms with Gasteiger partial charge in [-0.05, 0) is 66.6 Å². The van der Waals surface area contributed by atoms with Gasteiger partial charge < -0.3 is 14.2 Å². The third kappa shape index (κ3) is 5.28. The van der Waals surface area contributed by atoms with E-state index in [9.17, 15) is 0 Å². The van der Waals surface area contributed by atoms with E-state index in [0.717, 1.165) is 47.7 Å². The van der Waals surface area contributed by atoms with Crippen LogP contribution in [0, 0.1) is 0 Å². The number of methoxy groups -OCH3 is 2. The molecule has 172 valence electrons. The summed E-state index contributed by atoms with van der Waals surface area (Å²) in [4.78, 5) is 5.07. The second-order valence-corrected chi connectivity index (χ2v) is 8.75. The van der Waals surface area contributed by atoms with E-state index in [0.29, 0.717) is 12.5 Å². The van der Waals surface area contributed by atoms with E-state index in [1.54, 1.807) is 14.2 Å². The summed E-state index contributed by atoms with van der Waals surface area (Å²) in [6, 6.07) is 22.6. The van der Waals surface area contributed by atoms with Crippen LogP contribution in [0.15, 0.2) is 71.7 Å². The van der Waals surface area contributed by atoms with Gasteiger partial charge in [-0.2, -0.15) is 0 Å². The predicted molar refractivity (Wildman–Crippen MR) is 134 cm³/mol. The summed E-state index contributed by atoms with van der Waals surface area (Å²) in [6.45, 7) is 4.96. The molecule has 0 unspecified atom stereocenters. The van der Waals surface area contributed by atoms with Gasteiger partial charge in [-0.3, -0.25) is 4.99 Å². The minimum Gasteiger partial charge on any atom is -0.497 e. The first-order valence-corrected chi connectivity index (χ1v) is 11.7. The molecule has 3 aromatic carbocycles. The maximum atomic E-state index is 6.63. The Morgan fingerprint density at radius 2 is 1.64 bits per heavy atom. The van der Waals surface area contributed by atoms with Crippen LogP contribution in [0.1, 0.15) is 61.0 Å². The number of nitrogens with zero attached hydrogens (tertiary/aromatic N) is 1. The molecule has 0 amide bonds. The first-order valence-electron chi connectivity index (χ1n) is 11.7. The van der Waals surface area contributed by atoms with Crippen molar-refractivity contribution in [3.63, 3.8) is 0 Å². The van der Waals surface area contributed by atoms with Crippen molar-refractivity contribution in [2.24, 2.45) is 4.99 Å². The average molecular weight is 444 g/mol. The molecule has 0 heterocycles. The number of benzene rings is 3. The second kappa shape index (κ2) is 10.7. The molecule has 0 bridgehead atoms. The van der Waals surface area contributed by atoms with E-state index < -0.39 is 0 Å². The SMILES string of the molecule is COC[C@H](Oc1ccc2c(c1C(C)C)/C(=N/c1ccc(OC)cc1)CCC2)c1ccccc1. The highest BCUT2D eigenvalue weighted by molar-refractivity contribution is 6.06. The topological polar surface area (TPSA) is 40.0 Å². The van der Waals surface area contributed by atoms with E-state index in [1.165, 1.54) is 16.7 Å². The lowest BCUT2D eigenvalue weighted by molar-refractivity contribution is 0.0801. The molecule has 1 atom stereocenters. The average Bonchev–Trinajstić information content (AvgIpc) is 2.84. The second-order valence-electron chi connectivity index (χ2n) is 8.75. The largest absolute Gasteiger partial charge is 0.497 e. The maximum Gasteiger partial charge on any atom is 0.147 e. The van der Waals surface area contributed by atoms with Gasteiger partial charge in [0.05, 0.1) is 19.4 Å². The minimum atomic E-state index is -0.169. The van der Waals surface area contributed by atoms with E-state index in [-0.39, 0.29) is 6.10 Å². The van der Waals surface area contributed by atoms with E-state index >= 15 is 0 Å². The van der Waals surface area contributed by atoms with Crippen LogP contribution in [-0.4, -0.2) is 26.5 Å². The molecule has 4 rings (SSSR count). The Hall–Kier alpha value is -3.11. The number of aryl methyl sites for hydroxylation is 1. The quantitative estimate of drug-likeness (QED) is 0.375. The molecule has 0 fully saturated rings. The molecule has 33 heavy (non-hydrogen) atoms. The molecule has 3 aromatic rings. The van der Waals surface area contributed by atoms with Crippen LogP contribution in [0.2, 0.25) is 0 Å². The minimum absolute atomic E-state index is 0.169. The summed E-state index contributed by atoms with van der Waals surface area (Å²) in [5.74, 6) is 2.05. The molecule has 1 aliphatic carbocycles.